The number of aryl methyl sites for hydroxylation is 1. The summed E-state index contributed by atoms with van der Waals surface area (Å²) in [6, 6.07) is 15.0. The smallest absolute Gasteiger partial charge is 0.245 e. The van der Waals surface area contributed by atoms with Gasteiger partial charge in [0.15, 0.2) is 0 Å². The molecule has 0 saturated carbocycles. The number of H-pyrrole nitrogens is 1. The first-order chi connectivity index (χ1) is 14.6. The fourth-order valence-electron chi connectivity index (χ4n) is 5.81. The number of methoxy groups -OCH3 is 1. The minimum Gasteiger partial charge on any atom is -0.497 e. The Morgan fingerprint density at radius 1 is 1.30 bits per heavy atom. The number of hydrogen-bond donors (Lipinski definition) is 1. The molecule has 2 aromatic carbocycles. The maximum absolute atomic E-state index is 12.4. The van der Waals surface area contributed by atoms with Crippen molar-refractivity contribution < 1.29 is 9.53 Å². The van der Waals surface area contributed by atoms with Gasteiger partial charge in [-0.1, -0.05) is 30.8 Å². The molecule has 0 radical (unpaired) electrons. The van der Waals surface area contributed by atoms with Gasteiger partial charge >= 0.3 is 0 Å². The van der Waals surface area contributed by atoms with Crippen molar-refractivity contribution in [3.63, 3.8) is 0 Å². The number of ether oxygens (including phenoxy) is 1. The highest BCUT2D eigenvalue weighted by molar-refractivity contribution is 5.89. The topological polar surface area (TPSA) is 45.3 Å². The van der Waals surface area contributed by atoms with E-state index >= 15 is 0 Å². The average molecular weight is 401 g/mol. The summed E-state index contributed by atoms with van der Waals surface area (Å²) in [6.45, 7) is 7.42. The summed E-state index contributed by atoms with van der Waals surface area (Å²) in [7, 11) is 1.72. The van der Waals surface area contributed by atoms with Crippen molar-refractivity contribution in [3.05, 3.63) is 77.5 Å². The Hall–Kier alpha value is -3.01. The molecule has 1 saturated heterocycles. The standard InChI is InChI=1S/C26H28N2O2/c1-4-24(29)28-12-11-26(18-8-6-9-20(13-18)30-3)15-23-21(14-19(26)16-28)25-17(2)7-5-10-22(25)27-23/h4-10,13,19,27H,1,11-12,14-16H2,2-3H3/t19?,26-/m1/s1. The van der Waals surface area contributed by atoms with Gasteiger partial charge in [-0.2, -0.15) is 0 Å². The lowest BCUT2D eigenvalue weighted by Gasteiger charge is -2.51. The van der Waals surface area contributed by atoms with Crippen LogP contribution in [0.2, 0.25) is 0 Å². The van der Waals surface area contributed by atoms with Gasteiger partial charge < -0.3 is 14.6 Å². The van der Waals surface area contributed by atoms with Crippen LogP contribution in [0.1, 0.15) is 28.8 Å². The maximum atomic E-state index is 12.4. The molecule has 4 nitrogen and oxygen atoms in total. The van der Waals surface area contributed by atoms with Crippen LogP contribution in [0.25, 0.3) is 10.9 Å². The number of fused-ring (bicyclic) bond motifs is 4. The Labute approximate surface area is 177 Å². The van der Waals surface area contributed by atoms with Crippen LogP contribution in [0.15, 0.2) is 55.1 Å². The Bertz CT molecular complexity index is 1150. The zero-order valence-electron chi connectivity index (χ0n) is 17.7. The number of nitrogens with one attached hydrogen (secondary N) is 1. The summed E-state index contributed by atoms with van der Waals surface area (Å²) in [6.07, 6.45) is 4.32. The number of rotatable bonds is 3. The molecule has 1 fully saturated rings. The summed E-state index contributed by atoms with van der Waals surface area (Å²) in [5, 5.41) is 1.36. The molecule has 1 amide bonds. The van der Waals surface area contributed by atoms with E-state index in [1.807, 2.05) is 11.0 Å². The number of benzene rings is 2. The van der Waals surface area contributed by atoms with Gasteiger partial charge in [-0.3, -0.25) is 4.79 Å². The monoisotopic (exact) mass is 400 g/mol. The third-order valence-corrected chi connectivity index (χ3v) is 7.35. The van der Waals surface area contributed by atoms with Crippen LogP contribution in [0.3, 0.4) is 0 Å². The van der Waals surface area contributed by atoms with Crippen LogP contribution in [-0.2, 0) is 23.1 Å². The van der Waals surface area contributed by atoms with Gasteiger partial charge in [0.05, 0.1) is 7.11 Å². The fourth-order valence-corrected chi connectivity index (χ4v) is 5.81. The van der Waals surface area contributed by atoms with E-state index in [1.54, 1.807) is 7.11 Å². The fraction of sp³-hybridized carbons (Fsp3) is 0.346. The van der Waals surface area contributed by atoms with Crippen molar-refractivity contribution in [1.82, 2.24) is 9.88 Å². The zero-order chi connectivity index (χ0) is 20.9. The minimum atomic E-state index is -0.00568. The summed E-state index contributed by atoms with van der Waals surface area (Å²) in [5.41, 5.74) is 6.63. The van der Waals surface area contributed by atoms with Gasteiger partial charge in [-0.15, -0.1) is 0 Å². The first-order valence-electron chi connectivity index (χ1n) is 10.7. The molecule has 1 unspecified atom stereocenters. The summed E-state index contributed by atoms with van der Waals surface area (Å²) >= 11 is 0. The van der Waals surface area contributed by atoms with E-state index in [2.05, 4.69) is 54.9 Å². The summed E-state index contributed by atoms with van der Waals surface area (Å²) in [4.78, 5) is 18.1. The van der Waals surface area contributed by atoms with Crippen LogP contribution < -0.4 is 4.74 Å². The van der Waals surface area contributed by atoms with Gasteiger partial charge in [0.2, 0.25) is 5.91 Å². The molecule has 0 bridgehead atoms. The quantitative estimate of drug-likeness (QED) is 0.655. The number of aromatic amines is 1. The van der Waals surface area contributed by atoms with E-state index in [4.69, 9.17) is 4.74 Å². The third kappa shape index (κ3) is 2.78. The second-order valence-corrected chi connectivity index (χ2v) is 8.78. The highest BCUT2D eigenvalue weighted by Gasteiger charge is 2.48. The Balaban J connectivity index is 1.65. The van der Waals surface area contributed by atoms with E-state index in [0.29, 0.717) is 5.92 Å². The molecular formula is C26H28N2O2. The van der Waals surface area contributed by atoms with Crippen molar-refractivity contribution >= 4 is 16.8 Å². The van der Waals surface area contributed by atoms with Gasteiger partial charge in [0.25, 0.3) is 0 Å². The van der Waals surface area contributed by atoms with E-state index in [-0.39, 0.29) is 11.3 Å². The molecule has 2 heterocycles. The highest BCUT2D eigenvalue weighted by atomic mass is 16.5. The Kier molecular flexibility index (Phi) is 4.46. The van der Waals surface area contributed by atoms with Crippen LogP contribution >= 0.6 is 0 Å². The zero-order valence-corrected chi connectivity index (χ0v) is 17.7. The van der Waals surface area contributed by atoms with Gasteiger partial charge in [-0.25, -0.2) is 0 Å². The summed E-state index contributed by atoms with van der Waals surface area (Å²) in [5.74, 6) is 1.28. The molecule has 1 aliphatic carbocycles. The van der Waals surface area contributed by atoms with Crippen molar-refractivity contribution in [2.45, 2.75) is 31.6 Å². The number of carbonyl (C=O) groups is 1. The largest absolute Gasteiger partial charge is 0.497 e. The number of nitrogens with zero attached hydrogens (tertiary/aromatic N) is 1. The number of amides is 1. The second-order valence-electron chi connectivity index (χ2n) is 8.78. The lowest BCUT2D eigenvalue weighted by atomic mass is 9.58. The Morgan fingerprint density at radius 3 is 2.93 bits per heavy atom. The van der Waals surface area contributed by atoms with E-state index in [0.717, 1.165) is 38.1 Å². The predicted octanol–water partition coefficient (Wildman–Crippen LogP) is 4.56. The van der Waals surface area contributed by atoms with Crippen LogP contribution in [0, 0.1) is 12.8 Å². The molecule has 2 atom stereocenters. The van der Waals surface area contributed by atoms with Crippen molar-refractivity contribution in [2.24, 2.45) is 5.92 Å². The molecule has 2 aliphatic rings. The molecule has 1 N–H and O–H groups in total. The number of carbonyl (C=O) groups excluding carboxylic acids is 1. The number of hydrogen-bond acceptors (Lipinski definition) is 2. The lowest BCUT2D eigenvalue weighted by Crippen LogP contribution is -2.54. The third-order valence-electron chi connectivity index (χ3n) is 7.35. The molecule has 154 valence electrons. The predicted molar refractivity (Wildman–Crippen MR) is 120 cm³/mol. The van der Waals surface area contributed by atoms with Crippen LogP contribution in [-0.4, -0.2) is 36.0 Å². The molecular weight excluding hydrogens is 372 g/mol. The van der Waals surface area contributed by atoms with Crippen LogP contribution in [0.5, 0.6) is 5.75 Å². The van der Waals surface area contributed by atoms with Crippen LogP contribution in [0.4, 0.5) is 0 Å². The molecule has 4 heteroatoms. The van der Waals surface area contributed by atoms with E-state index in [1.165, 1.54) is 39.4 Å². The number of piperidine rings is 1. The number of aromatic nitrogens is 1. The molecule has 5 rings (SSSR count). The van der Waals surface area contributed by atoms with Crippen molar-refractivity contribution in [1.29, 1.82) is 0 Å². The normalized spacial score (nSPS) is 23.0. The molecule has 1 aliphatic heterocycles. The first-order valence-corrected chi connectivity index (χ1v) is 10.7. The molecule has 30 heavy (non-hydrogen) atoms. The van der Waals surface area contributed by atoms with Crippen molar-refractivity contribution in [2.75, 3.05) is 20.2 Å². The lowest BCUT2D eigenvalue weighted by molar-refractivity contribution is -0.129. The number of likely N-dealkylation sites (tertiary alicyclic amines) is 1. The van der Waals surface area contributed by atoms with Gasteiger partial charge in [0, 0.05) is 35.1 Å². The molecule has 3 aromatic rings. The van der Waals surface area contributed by atoms with E-state index < -0.39 is 0 Å². The first kappa shape index (κ1) is 19.0. The van der Waals surface area contributed by atoms with Gasteiger partial charge in [0.1, 0.15) is 5.75 Å². The SMILES string of the molecule is C=CC(=O)N1CC[C@]2(c3cccc(OC)c3)Cc3[nH]c4cccc(C)c4c3CC2C1. The van der Waals surface area contributed by atoms with E-state index in [9.17, 15) is 4.79 Å². The maximum Gasteiger partial charge on any atom is 0.245 e. The van der Waals surface area contributed by atoms with Crippen molar-refractivity contribution in [3.8, 4) is 5.75 Å². The highest BCUT2D eigenvalue weighted by Crippen LogP contribution is 2.49. The molecule has 1 aromatic heterocycles. The molecule has 0 spiro atoms. The van der Waals surface area contributed by atoms with Gasteiger partial charge in [-0.05, 0) is 73.1 Å². The summed E-state index contributed by atoms with van der Waals surface area (Å²) < 4.78 is 5.55. The minimum absolute atomic E-state index is 0.00568. The average Bonchev–Trinajstić information content (AvgIpc) is 3.14. The second kappa shape index (κ2) is 7.05. The Morgan fingerprint density at radius 2 is 2.13 bits per heavy atom.